The molecule has 1 aromatic rings. The van der Waals surface area contributed by atoms with Gasteiger partial charge in [0.2, 0.25) is 0 Å². The average Bonchev–Trinajstić information content (AvgIpc) is 2.37. The molecule has 0 atom stereocenters. The zero-order valence-electron chi connectivity index (χ0n) is 12.2. The fourth-order valence-corrected chi connectivity index (χ4v) is 1.99. The molecule has 0 heterocycles. The molecule has 2 heteroatoms. The minimum absolute atomic E-state index is 0.515. The van der Waals surface area contributed by atoms with Gasteiger partial charge in [-0.15, -0.1) is 13.2 Å². The number of hydrogen-bond donors (Lipinski definition) is 1. The van der Waals surface area contributed by atoms with Gasteiger partial charge in [-0.1, -0.05) is 50.3 Å². The highest BCUT2D eigenvalue weighted by Crippen LogP contribution is 2.09. The van der Waals surface area contributed by atoms with Crippen LogP contribution in [0.1, 0.15) is 25.0 Å². The molecule has 0 amide bonds. The van der Waals surface area contributed by atoms with Crippen molar-refractivity contribution >= 4 is 0 Å². The highest BCUT2D eigenvalue weighted by atomic mass is 15.1. The quantitative estimate of drug-likeness (QED) is 0.683. The number of nitrogens with one attached hydrogen (secondary N) is 1. The van der Waals surface area contributed by atoms with Crippen LogP contribution in [-0.4, -0.2) is 24.0 Å². The maximum absolute atomic E-state index is 3.80. The monoisotopic (exact) mass is 258 g/mol. The van der Waals surface area contributed by atoms with Crippen LogP contribution >= 0.6 is 0 Å². The smallest absolute Gasteiger partial charge is 0.0240 e. The molecule has 0 saturated heterocycles. The van der Waals surface area contributed by atoms with Crippen LogP contribution in [0, 0.1) is 0 Å². The Labute approximate surface area is 117 Å². The molecule has 1 rings (SSSR count). The summed E-state index contributed by atoms with van der Waals surface area (Å²) in [6, 6.07) is 9.27. The molecule has 1 N–H and O–H groups in total. The number of hydrogen-bond acceptors (Lipinski definition) is 2. The van der Waals surface area contributed by atoms with Crippen molar-refractivity contribution in [2.75, 3.05) is 13.1 Å². The predicted octanol–water partition coefficient (Wildman–Crippen LogP) is 3.36. The standard InChI is InChI=1S/C17H26N2/c1-5-10-19(11-6-2)14-17-9-7-8-16(12-17)13-18-15(3)4/h5-9,12,15,18H,1-2,10-11,13-14H2,3-4H3. The van der Waals surface area contributed by atoms with Gasteiger partial charge in [0.25, 0.3) is 0 Å². The lowest BCUT2D eigenvalue weighted by molar-refractivity contribution is 0.327. The first-order valence-electron chi connectivity index (χ1n) is 6.91. The van der Waals surface area contributed by atoms with Gasteiger partial charge in [-0.05, 0) is 11.1 Å². The Kier molecular flexibility index (Phi) is 7.16. The fourth-order valence-electron chi connectivity index (χ4n) is 1.99. The van der Waals surface area contributed by atoms with Crippen LogP contribution in [0.3, 0.4) is 0 Å². The minimum atomic E-state index is 0.515. The van der Waals surface area contributed by atoms with Crippen molar-refractivity contribution in [1.29, 1.82) is 0 Å². The number of nitrogens with zero attached hydrogens (tertiary/aromatic N) is 1. The van der Waals surface area contributed by atoms with Gasteiger partial charge in [0, 0.05) is 32.2 Å². The molecule has 0 radical (unpaired) electrons. The van der Waals surface area contributed by atoms with E-state index in [0.717, 1.165) is 26.2 Å². The Morgan fingerprint density at radius 2 is 1.79 bits per heavy atom. The molecule has 0 spiro atoms. The summed E-state index contributed by atoms with van der Waals surface area (Å²) in [7, 11) is 0. The van der Waals surface area contributed by atoms with E-state index in [2.05, 4.69) is 61.5 Å². The third-order valence-electron chi connectivity index (χ3n) is 2.89. The van der Waals surface area contributed by atoms with Crippen molar-refractivity contribution in [2.24, 2.45) is 0 Å². The van der Waals surface area contributed by atoms with Gasteiger partial charge < -0.3 is 5.32 Å². The molecule has 0 unspecified atom stereocenters. The van der Waals surface area contributed by atoms with Gasteiger partial charge in [0.05, 0.1) is 0 Å². The summed E-state index contributed by atoms with van der Waals surface area (Å²) >= 11 is 0. The Balaban J connectivity index is 2.63. The van der Waals surface area contributed by atoms with E-state index in [9.17, 15) is 0 Å². The summed E-state index contributed by atoms with van der Waals surface area (Å²) < 4.78 is 0. The van der Waals surface area contributed by atoms with E-state index in [-0.39, 0.29) is 0 Å². The lowest BCUT2D eigenvalue weighted by Gasteiger charge is -2.19. The third kappa shape index (κ3) is 6.37. The minimum Gasteiger partial charge on any atom is -0.310 e. The molecule has 19 heavy (non-hydrogen) atoms. The van der Waals surface area contributed by atoms with Crippen LogP contribution in [0.15, 0.2) is 49.6 Å². The Morgan fingerprint density at radius 1 is 1.16 bits per heavy atom. The lowest BCUT2D eigenvalue weighted by Crippen LogP contribution is -2.24. The van der Waals surface area contributed by atoms with Gasteiger partial charge in [0.1, 0.15) is 0 Å². The predicted molar refractivity (Wildman–Crippen MR) is 84.1 cm³/mol. The lowest BCUT2D eigenvalue weighted by atomic mass is 10.1. The maximum Gasteiger partial charge on any atom is 0.0240 e. The van der Waals surface area contributed by atoms with Crippen LogP contribution in [0.5, 0.6) is 0 Å². The van der Waals surface area contributed by atoms with E-state index < -0.39 is 0 Å². The van der Waals surface area contributed by atoms with E-state index in [1.54, 1.807) is 0 Å². The van der Waals surface area contributed by atoms with Gasteiger partial charge in [-0.2, -0.15) is 0 Å². The van der Waals surface area contributed by atoms with Crippen LogP contribution in [0.4, 0.5) is 0 Å². The fraction of sp³-hybridized carbons (Fsp3) is 0.412. The molecule has 0 aromatic heterocycles. The maximum atomic E-state index is 3.80. The second-order valence-corrected chi connectivity index (χ2v) is 5.13. The molecular weight excluding hydrogens is 232 g/mol. The first-order chi connectivity index (χ1) is 9.15. The first-order valence-corrected chi connectivity index (χ1v) is 6.91. The molecule has 2 nitrogen and oxygen atoms in total. The van der Waals surface area contributed by atoms with Crippen molar-refractivity contribution < 1.29 is 0 Å². The highest BCUT2D eigenvalue weighted by molar-refractivity contribution is 5.23. The molecule has 1 aromatic carbocycles. The van der Waals surface area contributed by atoms with Crippen molar-refractivity contribution in [2.45, 2.75) is 33.0 Å². The number of benzene rings is 1. The molecule has 0 aliphatic carbocycles. The van der Waals surface area contributed by atoms with Gasteiger partial charge in [-0.3, -0.25) is 4.90 Å². The summed E-state index contributed by atoms with van der Waals surface area (Å²) in [5.41, 5.74) is 2.68. The molecule has 0 aliphatic rings. The van der Waals surface area contributed by atoms with E-state index in [1.807, 2.05) is 12.2 Å². The highest BCUT2D eigenvalue weighted by Gasteiger charge is 2.03. The van der Waals surface area contributed by atoms with Crippen molar-refractivity contribution in [3.63, 3.8) is 0 Å². The second kappa shape index (κ2) is 8.68. The summed E-state index contributed by atoms with van der Waals surface area (Å²) in [4.78, 5) is 2.31. The molecular formula is C17H26N2. The van der Waals surface area contributed by atoms with Crippen LogP contribution in [0.25, 0.3) is 0 Å². The molecule has 0 bridgehead atoms. The topological polar surface area (TPSA) is 15.3 Å². The second-order valence-electron chi connectivity index (χ2n) is 5.13. The zero-order chi connectivity index (χ0) is 14.1. The molecule has 0 fully saturated rings. The Hall–Kier alpha value is -1.38. The Morgan fingerprint density at radius 3 is 2.37 bits per heavy atom. The largest absolute Gasteiger partial charge is 0.310 e. The first kappa shape index (κ1) is 15.7. The summed E-state index contributed by atoms with van der Waals surface area (Å²) in [5.74, 6) is 0. The van der Waals surface area contributed by atoms with Gasteiger partial charge in [-0.25, -0.2) is 0 Å². The van der Waals surface area contributed by atoms with Gasteiger partial charge in [0.15, 0.2) is 0 Å². The van der Waals surface area contributed by atoms with Crippen LogP contribution < -0.4 is 5.32 Å². The summed E-state index contributed by atoms with van der Waals surface area (Å²) in [6.45, 7) is 15.6. The van der Waals surface area contributed by atoms with Crippen molar-refractivity contribution in [1.82, 2.24) is 10.2 Å². The SMILES string of the molecule is C=CCN(CC=C)Cc1cccc(CNC(C)C)c1. The van der Waals surface area contributed by atoms with Crippen LogP contribution in [-0.2, 0) is 13.1 Å². The normalized spacial score (nSPS) is 10.9. The molecule has 0 aliphatic heterocycles. The Bertz CT molecular complexity index is 386. The van der Waals surface area contributed by atoms with Crippen molar-refractivity contribution in [3.05, 3.63) is 60.7 Å². The third-order valence-corrected chi connectivity index (χ3v) is 2.89. The van der Waals surface area contributed by atoms with E-state index in [1.165, 1.54) is 11.1 Å². The zero-order valence-corrected chi connectivity index (χ0v) is 12.2. The van der Waals surface area contributed by atoms with Gasteiger partial charge >= 0.3 is 0 Å². The van der Waals surface area contributed by atoms with E-state index in [0.29, 0.717) is 6.04 Å². The summed E-state index contributed by atoms with van der Waals surface area (Å²) in [5, 5.41) is 3.45. The summed E-state index contributed by atoms with van der Waals surface area (Å²) in [6.07, 6.45) is 3.88. The van der Waals surface area contributed by atoms with Crippen molar-refractivity contribution in [3.8, 4) is 0 Å². The number of rotatable bonds is 9. The average molecular weight is 258 g/mol. The molecule has 0 saturated carbocycles. The van der Waals surface area contributed by atoms with Crippen LogP contribution in [0.2, 0.25) is 0 Å². The van der Waals surface area contributed by atoms with E-state index >= 15 is 0 Å². The molecule has 104 valence electrons. The van der Waals surface area contributed by atoms with E-state index in [4.69, 9.17) is 0 Å².